The summed E-state index contributed by atoms with van der Waals surface area (Å²) in [5, 5.41) is 84.9. The Hall–Kier alpha value is -11.1. The molecular formula is C68H102F6N16O23. The van der Waals surface area contributed by atoms with Crippen molar-refractivity contribution in [3.63, 3.8) is 0 Å². The number of nitrogens with zero attached hydrogens (tertiary/aromatic N) is 1. The Kier molecular flexibility index (Phi) is 43.0. The van der Waals surface area contributed by atoms with Gasteiger partial charge in [-0.15, -0.1) is 0 Å². The third-order valence-corrected chi connectivity index (χ3v) is 16.1. The molecule has 0 radical (unpaired) electrons. The number of esters is 1. The fourth-order valence-corrected chi connectivity index (χ4v) is 9.87. The van der Waals surface area contributed by atoms with Crippen molar-refractivity contribution in [2.75, 3.05) is 26.2 Å². The lowest BCUT2D eigenvalue weighted by Crippen LogP contribution is -2.64. The summed E-state index contributed by atoms with van der Waals surface area (Å²) in [6.45, 7) is 11.2. The first-order chi connectivity index (χ1) is 52.5. The third-order valence-electron chi connectivity index (χ3n) is 16.1. The van der Waals surface area contributed by atoms with Gasteiger partial charge < -0.3 is 122 Å². The predicted molar refractivity (Wildman–Crippen MR) is 383 cm³/mol. The monoisotopic (exact) mass is 1620 g/mol. The third kappa shape index (κ3) is 36.8. The molecule has 1 saturated heterocycles. The number of aliphatic carboxylic acids is 2. The van der Waals surface area contributed by atoms with E-state index in [1.165, 1.54) is 44.2 Å². The summed E-state index contributed by atoms with van der Waals surface area (Å²) < 4.78 is 74.6. The van der Waals surface area contributed by atoms with Crippen LogP contribution < -0.4 is 81.4 Å². The van der Waals surface area contributed by atoms with Crippen LogP contribution in [0.15, 0.2) is 65.7 Å². The molecule has 3 rings (SSSR count). The molecule has 1 fully saturated rings. The maximum Gasteiger partial charge on any atom is 0.490 e. The number of alkyl carbamates (subject to hydrolysis) is 1. The molecule has 45 heteroatoms. The molecule has 1 heterocycles. The molecule has 0 spiro atoms. The zero-order valence-corrected chi connectivity index (χ0v) is 63.1. The number of alkyl halides is 6. The molecule has 12 amide bonds. The van der Waals surface area contributed by atoms with Gasteiger partial charge in [-0.3, -0.25) is 57.7 Å². The number of guanidine groups is 1. The second-order valence-corrected chi connectivity index (χ2v) is 26.8. The van der Waals surface area contributed by atoms with Crippen molar-refractivity contribution in [3.05, 3.63) is 71.8 Å². The number of carbonyl (C=O) groups excluding carboxylic acids is 13. The van der Waals surface area contributed by atoms with Gasteiger partial charge in [0.15, 0.2) is 24.2 Å². The molecule has 1 aliphatic rings. The first kappa shape index (κ1) is 99.9. The average molecular weight is 1630 g/mol. The molecule has 2 aromatic rings. The van der Waals surface area contributed by atoms with Gasteiger partial charge in [-0.2, -0.15) is 26.3 Å². The zero-order valence-electron chi connectivity index (χ0n) is 63.1. The van der Waals surface area contributed by atoms with Crippen LogP contribution in [-0.2, 0) is 83.2 Å². The van der Waals surface area contributed by atoms with Crippen molar-refractivity contribution < 1.29 is 138 Å². The van der Waals surface area contributed by atoms with Crippen LogP contribution in [0, 0.1) is 23.7 Å². The number of carbonyl (C=O) groups is 15. The molecule has 634 valence electrons. The standard InChI is InChI=1S/C64H100N16O19.2C2HF3O2/c1-10-34(8)44-58(92)78-45(35(9)82)57(91)71-28-43(83)76-47(50(85)52(66)86)60(94)75-42(29-81)62(96)99-51(37-20-15-12-16-21-37)48(80-56(90)41(27-32(4)5)73-53(87)38(65)23-25-70-64(97)98-30-36-18-13-11-14-19-36)61(95)79-46(49(84)33(6)7)59(93)74-40(26-31(2)3)55(89)72-39(54(88)77-44)22-17-24-69-63(67)68;2*3-2(4,5)1(6)7/h11-16,18-21,31-35,38-42,44-51,81-82,84-85H,10,17,22-30,65H2,1-9H3,(H2,66,86)(H,70,97)(H,71,91)(H,72,89)(H,73,87)(H,74,93)(H,75,94)(H,76,83)(H,77,88)(H,78,92)(H,79,95)(H,80,90)(H4,67,68,69);2*(H,6,7)/t34-,35-,38-,39+,40-,41-,42-,44?,45?,46-,47-,48-,49+,50-,51+;;/m0../s1. The van der Waals surface area contributed by atoms with Gasteiger partial charge >= 0.3 is 36.4 Å². The van der Waals surface area contributed by atoms with Gasteiger partial charge in [0.1, 0.15) is 54.9 Å². The summed E-state index contributed by atoms with van der Waals surface area (Å²) in [6.07, 6.45) is -19.7. The Morgan fingerprint density at radius 3 is 1.64 bits per heavy atom. The highest BCUT2D eigenvalue weighted by molar-refractivity contribution is 6.00. The van der Waals surface area contributed by atoms with Gasteiger partial charge in [-0.05, 0) is 73.8 Å². The van der Waals surface area contributed by atoms with E-state index < -0.39 is 223 Å². The molecule has 39 nitrogen and oxygen atoms in total. The van der Waals surface area contributed by atoms with E-state index in [0.29, 0.717) is 5.56 Å². The van der Waals surface area contributed by atoms with E-state index in [9.17, 15) is 104 Å². The number of nitrogens with one attached hydrogen (secondary N) is 11. The van der Waals surface area contributed by atoms with Gasteiger partial charge in [-0.25, -0.2) is 19.2 Å². The molecule has 0 saturated carbocycles. The Balaban J connectivity index is 0.00000414. The smallest absolute Gasteiger partial charge is 0.475 e. The van der Waals surface area contributed by atoms with Crippen LogP contribution in [0.2, 0.25) is 0 Å². The van der Waals surface area contributed by atoms with E-state index in [4.69, 9.17) is 52.2 Å². The number of halogens is 6. The van der Waals surface area contributed by atoms with E-state index >= 15 is 4.79 Å². The lowest BCUT2D eigenvalue weighted by molar-refractivity contribution is -0.193. The van der Waals surface area contributed by atoms with Crippen molar-refractivity contribution >= 4 is 94.9 Å². The van der Waals surface area contributed by atoms with E-state index in [1.54, 1.807) is 71.9 Å². The number of nitrogens with two attached hydrogens (primary N) is 4. The topological polar surface area (TPSA) is 645 Å². The maximum absolute atomic E-state index is 15.5. The fourth-order valence-electron chi connectivity index (χ4n) is 9.87. The van der Waals surface area contributed by atoms with Gasteiger partial charge in [0.2, 0.25) is 65.0 Å². The predicted octanol–water partition coefficient (Wildman–Crippen LogP) is -3.90. The number of ether oxygens (including phenoxy) is 2. The number of primary amides is 1. The minimum absolute atomic E-state index is 0.0280. The summed E-state index contributed by atoms with van der Waals surface area (Å²) in [5.41, 5.74) is 23.3. The van der Waals surface area contributed by atoms with E-state index in [1.807, 2.05) is 10.6 Å². The second-order valence-electron chi connectivity index (χ2n) is 26.8. The molecule has 1 aliphatic heterocycles. The Morgan fingerprint density at radius 1 is 0.637 bits per heavy atom. The average Bonchev–Trinajstić information content (AvgIpc) is 0.807. The number of hydrogen-bond donors (Lipinski definition) is 21. The number of cyclic esters (lactones) is 1. The van der Waals surface area contributed by atoms with Crippen LogP contribution >= 0.6 is 0 Å². The van der Waals surface area contributed by atoms with Gasteiger partial charge in [-0.1, -0.05) is 122 Å². The molecule has 0 aromatic heterocycles. The zero-order chi connectivity index (χ0) is 86.5. The summed E-state index contributed by atoms with van der Waals surface area (Å²) in [4.78, 5) is 205. The number of carboxylic acid groups (broad SMARTS) is 2. The van der Waals surface area contributed by atoms with Crippen LogP contribution in [0.3, 0.4) is 0 Å². The molecular weight excluding hydrogens is 1520 g/mol. The molecule has 15 atom stereocenters. The van der Waals surface area contributed by atoms with Crippen LogP contribution in [0.1, 0.15) is 118 Å². The number of rotatable bonds is 26. The fraction of sp³-hybridized carbons (Fsp3) is 0.588. The molecule has 2 aromatic carbocycles. The highest BCUT2D eigenvalue weighted by Gasteiger charge is 2.45. The van der Waals surface area contributed by atoms with Gasteiger partial charge in [0.05, 0.1) is 31.4 Å². The number of hydrogen-bond acceptors (Lipinski definition) is 23. The number of aliphatic hydroxyl groups excluding tert-OH is 4. The second kappa shape index (κ2) is 48.7. The van der Waals surface area contributed by atoms with Crippen molar-refractivity contribution in [3.8, 4) is 0 Å². The van der Waals surface area contributed by atoms with Crippen molar-refractivity contribution in [1.82, 2.24) is 58.5 Å². The van der Waals surface area contributed by atoms with Crippen molar-refractivity contribution in [2.24, 2.45) is 51.6 Å². The van der Waals surface area contributed by atoms with Crippen molar-refractivity contribution in [1.29, 1.82) is 0 Å². The highest BCUT2D eigenvalue weighted by Crippen LogP contribution is 2.25. The normalized spacial score (nSPS) is 21.8. The molecule has 0 aliphatic carbocycles. The highest BCUT2D eigenvalue weighted by atomic mass is 19.4. The van der Waals surface area contributed by atoms with E-state index in [0.717, 1.165) is 6.92 Å². The molecule has 2 unspecified atom stereocenters. The summed E-state index contributed by atoms with van der Waals surface area (Å²) in [7, 11) is 0. The summed E-state index contributed by atoms with van der Waals surface area (Å²) >= 11 is 0. The van der Waals surface area contributed by atoms with Crippen LogP contribution in [0.25, 0.3) is 0 Å². The summed E-state index contributed by atoms with van der Waals surface area (Å²) in [6, 6.07) is -2.78. The SMILES string of the molecule is CC[C@H](C)C1NC(=O)[C@@H](CCCN=C(N)N)NC(=O)[C@H](CC(C)C)NC(=O)[C@H]([C@H](O)C(C)C)NC(=O)[C@@H](NC(=O)[C@H](CC(C)C)NC(=O)[C@@H](N)CCNC(=O)OCc2ccccc2)[C@@H](c2ccccc2)OC(=O)[C@H](CO)NC(=O)[C@H]([C@H](O)C(N)=O)NC(=O)CNC(=O)C([C@H](C)O)NC1=O.O=C(O)C(F)(F)F.O=C(O)C(F)(F)F. The quantitative estimate of drug-likeness (QED) is 0.0141. The lowest BCUT2D eigenvalue weighted by Gasteiger charge is -2.33. The Labute approximate surface area is 644 Å². The largest absolute Gasteiger partial charge is 0.490 e. The number of carboxylic acids is 2. The number of aliphatic hydroxyl groups is 4. The minimum atomic E-state index is -5.08. The maximum atomic E-state index is 15.5. The van der Waals surface area contributed by atoms with Gasteiger partial charge in [0, 0.05) is 13.1 Å². The molecule has 25 N–H and O–H groups in total. The van der Waals surface area contributed by atoms with Crippen molar-refractivity contribution in [2.45, 2.75) is 205 Å². The van der Waals surface area contributed by atoms with E-state index in [2.05, 4.69) is 52.8 Å². The lowest BCUT2D eigenvalue weighted by atomic mass is 9.95. The van der Waals surface area contributed by atoms with Crippen LogP contribution in [0.4, 0.5) is 31.1 Å². The van der Waals surface area contributed by atoms with Crippen LogP contribution in [0.5, 0.6) is 0 Å². The first-order valence-corrected chi connectivity index (χ1v) is 35.0. The minimum Gasteiger partial charge on any atom is -0.475 e. The number of benzene rings is 2. The molecule has 0 bridgehead atoms. The Bertz CT molecular complexity index is 3520. The summed E-state index contributed by atoms with van der Waals surface area (Å²) in [5.74, 6) is -23.3. The first-order valence-electron chi connectivity index (χ1n) is 35.0. The molecule has 113 heavy (non-hydrogen) atoms. The van der Waals surface area contributed by atoms with E-state index in [-0.39, 0.29) is 69.7 Å². The van der Waals surface area contributed by atoms with Gasteiger partial charge in [0.25, 0.3) is 0 Å². The Morgan fingerprint density at radius 2 is 1.14 bits per heavy atom. The number of aliphatic imine (C=N–C) groups is 1. The van der Waals surface area contributed by atoms with Crippen LogP contribution in [-0.4, -0.2) is 243 Å². The number of amides is 12.